The average Bonchev–Trinajstić information content (AvgIpc) is 3.08. The summed E-state index contributed by atoms with van der Waals surface area (Å²) in [7, 11) is 1.89. The first-order valence-corrected chi connectivity index (χ1v) is 11.9. The number of nitrogens with zero attached hydrogens (tertiary/aromatic N) is 3. The van der Waals surface area contributed by atoms with Gasteiger partial charge in [-0.25, -0.2) is 4.68 Å². The maximum Gasteiger partial charge on any atom is 0.295 e. The van der Waals surface area contributed by atoms with E-state index in [1.807, 2.05) is 61.1 Å². The third kappa shape index (κ3) is 5.46. The van der Waals surface area contributed by atoms with Crippen LogP contribution in [0, 0.1) is 6.92 Å². The van der Waals surface area contributed by atoms with E-state index < -0.39 is 0 Å². The van der Waals surface area contributed by atoms with Crippen LogP contribution < -0.4 is 10.9 Å². The minimum atomic E-state index is -0.111. The molecule has 0 spiro atoms. The third-order valence-corrected chi connectivity index (χ3v) is 6.46. The van der Waals surface area contributed by atoms with E-state index in [1.165, 1.54) is 11.1 Å². The summed E-state index contributed by atoms with van der Waals surface area (Å²) in [4.78, 5) is 15.5. The van der Waals surface area contributed by atoms with Crippen LogP contribution in [0.15, 0.2) is 95.8 Å². The molecule has 0 saturated carbocycles. The molecule has 0 unspecified atom stereocenters. The molecule has 0 atom stereocenters. The summed E-state index contributed by atoms with van der Waals surface area (Å²) < 4.78 is 3.53. The fraction of sp³-hybridized carbons (Fsp3) is 0.214. The second-order valence-corrected chi connectivity index (χ2v) is 8.71. The van der Waals surface area contributed by atoms with Gasteiger partial charge in [0.2, 0.25) is 0 Å². The van der Waals surface area contributed by atoms with Gasteiger partial charge in [0.25, 0.3) is 5.56 Å². The Morgan fingerprint density at radius 3 is 1.79 bits per heavy atom. The van der Waals surface area contributed by atoms with Crippen molar-refractivity contribution in [2.24, 2.45) is 7.05 Å². The number of benzene rings is 3. The summed E-state index contributed by atoms with van der Waals surface area (Å²) in [5, 5.41) is 3.85. The van der Waals surface area contributed by atoms with E-state index in [1.54, 1.807) is 4.68 Å². The molecule has 5 nitrogen and oxygen atoms in total. The van der Waals surface area contributed by atoms with Crippen LogP contribution in [0.2, 0.25) is 0 Å². The molecular formula is C28H30N4OS. The topological polar surface area (TPSA) is 42.2 Å². The van der Waals surface area contributed by atoms with Crippen molar-refractivity contribution < 1.29 is 0 Å². The van der Waals surface area contributed by atoms with Crippen LogP contribution >= 0.6 is 12.2 Å². The summed E-state index contributed by atoms with van der Waals surface area (Å²) in [6.45, 7) is 3.47. The van der Waals surface area contributed by atoms with E-state index in [9.17, 15) is 4.79 Å². The Labute approximate surface area is 206 Å². The monoisotopic (exact) mass is 470 g/mol. The molecule has 4 aromatic rings. The molecule has 0 fully saturated rings. The van der Waals surface area contributed by atoms with Gasteiger partial charge in [0, 0.05) is 20.1 Å². The Kier molecular flexibility index (Phi) is 7.60. The zero-order chi connectivity index (χ0) is 23.9. The first-order valence-electron chi connectivity index (χ1n) is 11.5. The van der Waals surface area contributed by atoms with Crippen LogP contribution in [0.25, 0.3) is 5.69 Å². The number of nitrogens with one attached hydrogen (secondary N) is 1. The molecule has 34 heavy (non-hydrogen) atoms. The largest absolute Gasteiger partial charge is 0.348 e. The van der Waals surface area contributed by atoms with E-state index >= 15 is 0 Å². The summed E-state index contributed by atoms with van der Waals surface area (Å²) in [6.07, 6.45) is 1.75. The van der Waals surface area contributed by atoms with Crippen LogP contribution in [0.3, 0.4) is 0 Å². The van der Waals surface area contributed by atoms with Gasteiger partial charge in [-0.15, -0.1) is 0 Å². The van der Waals surface area contributed by atoms with E-state index in [-0.39, 0.29) is 5.56 Å². The first-order chi connectivity index (χ1) is 16.5. The second-order valence-electron chi connectivity index (χ2n) is 8.32. The van der Waals surface area contributed by atoms with Crippen molar-refractivity contribution in [3.63, 3.8) is 0 Å². The molecule has 4 rings (SSSR count). The van der Waals surface area contributed by atoms with Crippen molar-refractivity contribution in [3.05, 3.63) is 118 Å². The van der Waals surface area contributed by atoms with Crippen LogP contribution in [0.4, 0.5) is 5.69 Å². The molecule has 6 heteroatoms. The molecule has 3 aromatic carbocycles. The van der Waals surface area contributed by atoms with E-state index in [0.717, 1.165) is 37.3 Å². The number of rotatable bonds is 8. The van der Waals surface area contributed by atoms with Gasteiger partial charge in [-0.3, -0.25) is 9.48 Å². The molecule has 0 aliphatic carbocycles. The van der Waals surface area contributed by atoms with Crippen molar-refractivity contribution in [1.29, 1.82) is 0 Å². The average molecular weight is 471 g/mol. The van der Waals surface area contributed by atoms with Gasteiger partial charge in [0.05, 0.1) is 11.4 Å². The molecule has 0 aliphatic rings. The molecule has 0 saturated heterocycles. The Morgan fingerprint density at radius 2 is 1.29 bits per heavy atom. The van der Waals surface area contributed by atoms with Crippen molar-refractivity contribution in [1.82, 2.24) is 14.3 Å². The minimum Gasteiger partial charge on any atom is -0.348 e. The highest BCUT2D eigenvalue weighted by Gasteiger charge is 2.19. The molecule has 0 radical (unpaired) electrons. The van der Waals surface area contributed by atoms with Crippen molar-refractivity contribution in [3.8, 4) is 5.69 Å². The van der Waals surface area contributed by atoms with Crippen molar-refractivity contribution in [2.45, 2.75) is 19.8 Å². The van der Waals surface area contributed by atoms with E-state index in [0.29, 0.717) is 10.8 Å². The highest BCUT2D eigenvalue weighted by molar-refractivity contribution is 7.80. The van der Waals surface area contributed by atoms with Gasteiger partial charge in [0.15, 0.2) is 5.11 Å². The lowest BCUT2D eigenvalue weighted by Crippen LogP contribution is -2.39. The molecule has 1 heterocycles. The van der Waals surface area contributed by atoms with Gasteiger partial charge in [-0.1, -0.05) is 78.9 Å². The summed E-state index contributed by atoms with van der Waals surface area (Å²) in [5.74, 6) is 0. The lowest BCUT2D eigenvalue weighted by atomic mass is 10.1. The van der Waals surface area contributed by atoms with E-state index in [4.69, 9.17) is 12.2 Å². The summed E-state index contributed by atoms with van der Waals surface area (Å²) in [5.41, 5.74) is 4.58. The van der Waals surface area contributed by atoms with Gasteiger partial charge < -0.3 is 10.2 Å². The third-order valence-electron chi connectivity index (χ3n) is 6.10. The predicted octanol–water partition coefficient (Wildman–Crippen LogP) is 4.97. The highest BCUT2D eigenvalue weighted by atomic mass is 32.1. The maximum atomic E-state index is 13.3. The quantitative estimate of drug-likeness (QED) is 0.369. The predicted molar refractivity (Wildman–Crippen MR) is 144 cm³/mol. The second kappa shape index (κ2) is 11.0. The molecule has 0 aliphatic heterocycles. The van der Waals surface area contributed by atoms with Gasteiger partial charge in [0.1, 0.15) is 5.69 Å². The zero-order valence-corrected chi connectivity index (χ0v) is 20.5. The number of thiocarbonyl (C=S) groups is 1. The molecule has 1 aromatic heterocycles. The minimum absolute atomic E-state index is 0.111. The smallest absolute Gasteiger partial charge is 0.295 e. The molecule has 0 bridgehead atoms. The lowest BCUT2D eigenvalue weighted by Gasteiger charge is -2.26. The summed E-state index contributed by atoms with van der Waals surface area (Å²) in [6, 6.07) is 30.4. The van der Waals surface area contributed by atoms with Crippen molar-refractivity contribution in [2.75, 3.05) is 18.4 Å². The molecular weight excluding hydrogens is 440 g/mol. The van der Waals surface area contributed by atoms with Crippen LogP contribution in [0.5, 0.6) is 0 Å². The Balaban J connectivity index is 1.55. The SMILES string of the molecule is Cc1c(NC(=S)N(CCc2ccccc2)CCc2ccccc2)c(=O)n(-c2ccccc2)n1C. The standard InChI is InChI=1S/C28H30N4OS/c1-22-26(27(33)32(30(22)2)25-16-10-5-11-17-25)29-28(34)31(20-18-23-12-6-3-7-13-23)21-19-24-14-8-4-9-15-24/h3-17H,18-21H2,1-2H3,(H,29,34). The number of hydrogen-bond acceptors (Lipinski definition) is 2. The zero-order valence-electron chi connectivity index (χ0n) is 19.6. The maximum absolute atomic E-state index is 13.3. The highest BCUT2D eigenvalue weighted by Crippen LogP contribution is 2.15. The fourth-order valence-corrected chi connectivity index (χ4v) is 4.32. The van der Waals surface area contributed by atoms with Gasteiger partial charge in [-0.05, 0) is 55.2 Å². The number of aromatic nitrogens is 2. The normalized spacial score (nSPS) is 10.8. The number of hydrogen-bond donors (Lipinski definition) is 1. The Bertz CT molecular complexity index is 1240. The molecule has 174 valence electrons. The Hall–Kier alpha value is -3.64. The van der Waals surface area contributed by atoms with Gasteiger partial charge in [-0.2, -0.15) is 0 Å². The van der Waals surface area contributed by atoms with Crippen LogP contribution in [-0.2, 0) is 19.9 Å². The molecule has 1 N–H and O–H groups in total. The summed E-state index contributed by atoms with van der Waals surface area (Å²) >= 11 is 5.83. The van der Waals surface area contributed by atoms with E-state index in [2.05, 4.69) is 58.7 Å². The number of anilines is 1. The Morgan fingerprint density at radius 1 is 0.824 bits per heavy atom. The van der Waals surface area contributed by atoms with Crippen LogP contribution in [0.1, 0.15) is 16.8 Å². The van der Waals surface area contributed by atoms with Crippen LogP contribution in [-0.4, -0.2) is 32.5 Å². The van der Waals surface area contributed by atoms with Crippen molar-refractivity contribution >= 4 is 23.0 Å². The lowest BCUT2D eigenvalue weighted by molar-refractivity contribution is 0.432. The molecule has 0 amide bonds. The fourth-order valence-electron chi connectivity index (χ4n) is 4.03. The first kappa shape index (κ1) is 23.5. The number of para-hydroxylation sites is 1. The van der Waals surface area contributed by atoms with Gasteiger partial charge >= 0.3 is 0 Å².